The standard InChI is InChI=1S/C22H30N2/c1-2-15-24(16-7-10-18-8-4-3-5-9-18)20-13-14-21-19(17-20)11-6-12-22(21)23/h3-6,8-9,11-12,20H,2,7,10,13-17,23H2,1H3. The molecule has 2 heteroatoms. The maximum atomic E-state index is 6.15. The highest BCUT2D eigenvalue weighted by atomic mass is 15.1. The number of anilines is 1. The molecule has 0 heterocycles. The van der Waals surface area contributed by atoms with Gasteiger partial charge in [0.25, 0.3) is 0 Å². The smallest absolute Gasteiger partial charge is 0.0349 e. The molecule has 0 radical (unpaired) electrons. The first-order valence-electron chi connectivity index (χ1n) is 9.42. The summed E-state index contributed by atoms with van der Waals surface area (Å²) in [5, 5.41) is 0. The van der Waals surface area contributed by atoms with E-state index in [2.05, 4.69) is 54.3 Å². The summed E-state index contributed by atoms with van der Waals surface area (Å²) in [6, 6.07) is 18.0. The number of nitrogens with zero attached hydrogens (tertiary/aromatic N) is 1. The molecule has 1 aliphatic carbocycles. The summed E-state index contributed by atoms with van der Waals surface area (Å²) >= 11 is 0. The highest BCUT2D eigenvalue weighted by Gasteiger charge is 2.24. The molecule has 1 atom stereocenters. The third-order valence-electron chi connectivity index (χ3n) is 5.27. The SMILES string of the molecule is CCCN(CCCc1ccccc1)C1CCc2c(N)cccc2C1. The summed E-state index contributed by atoms with van der Waals surface area (Å²) in [4.78, 5) is 2.72. The van der Waals surface area contributed by atoms with Crippen LogP contribution in [-0.2, 0) is 19.3 Å². The quantitative estimate of drug-likeness (QED) is 0.762. The van der Waals surface area contributed by atoms with Crippen molar-refractivity contribution in [3.63, 3.8) is 0 Å². The van der Waals surface area contributed by atoms with E-state index in [1.54, 1.807) is 0 Å². The van der Waals surface area contributed by atoms with Crippen LogP contribution in [0.4, 0.5) is 5.69 Å². The van der Waals surface area contributed by atoms with Crippen LogP contribution in [0.1, 0.15) is 42.9 Å². The average Bonchev–Trinajstić information content (AvgIpc) is 2.62. The maximum absolute atomic E-state index is 6.15. The fraction of sp³-hybridized carbons (Fsp3) is 0.455. The molecule has 0 aromatic heterocycles. The zero-order valence-electron chi connectivity index (χ0n) is 14.9. The number of nitrogens with two attached hydrogens (primary N) is 1. The molecule has 0 spiro atoms. The van der Waals surface area contributed by atoms with Crippen molar-refractivity contribution in [2.45, 2.75) is 51.5 Å². The van der Waals surface area contributed by atoms with Gasteiger partial charge in [-0.25, -0.2) is 0 Å². The molecule has 0 bridgehead atoms. The average molecular weight is 322 g/mol. The Kier molecular flexibility index (Phi) is 5.92. The third-order valence-corrected chi connectivity index (χ3v) is 5.27. The lowest BCUT2D eigenvalue weighted by atomic mass is 9.86. The van der Waals surface area contributed by atoms with Crippen LogP contribution in [0.15, 0.2) is 48.5 Å². The predicted octanol–water partition coefficient (Wildman–Crippen LogP) is 4.47. The summed E-state index contributed by atoms with van der Waals surface area (Å²) in [6.45, 7) is 4.70. The van der Waals surface area contributed by atoms with Crippen molar-refractivity contribution in [3.05, 3.63) is 65.2 Å². The van der Waals surface area contributed by atoms with E-state index in [-0.39, 0.29) is 0 Å². The van der Waals surface area contributed by atoms with E-state index in [0.717, 1.165) is 18.5 Å². The molecule has 0 fully saturated rings. The second kappa shape index (κ2) is 8.34. The van der Waals surface area contributed by atoms with Gasteiger partial charge in [0.2, 0.25) is 0 Å². The lowest BCUT2D eigenvalue weighted by Crippen LogP contribution is -2.40. The van der Waals surface area contributed by atoms with E-state index in [1.165, 1.54) is 55.5 Å². The molecule has 2 aromatic rings. The van der Waals surface area contributed by atoms with Crippen LogP contribution < -0.4 is 5.73 Å². The van der Waals surface area contributed by atoms with Gasteiger partial charge in [0, 0.05) is 11.7 Å². The Balaban J connectivity index is 1.59. The van der Waals surface area contributed by atoms with E-state index < -0.39 is 0 Å². The zero-order valence-corrected chi connectivity index (χ0v) is 14.9. The van der Waals surface area contributed by atoms with E-state index in [0.29, 0.717) is 6.04 Å². The minimum Gasteiger partial charge on any atom is -0.398 e. The van der Waals surface area contributed by atoms with Gasteiger partial charge in [0.1, 0.15) is 0 Å². The van der Waals surface area contributed by atoms with Crippen LogP contribution in [0.5, 0.6) is 0 Å². The van der Waals surface area contributed by atoms with Gasteiger partial charge in [-0.15, -0.1) is 0 Å². The monoisotopic (exact) mass is 322 g/mol. The molecule has 24 heavy (non-hydrogen) atoms. The first kappa shape index (κ1) is 17.0. The van der Waals surface area contributed by atoms with Gasteiger partial charge in [0.15, 0.2) is 0 Å². The minimum absolute atomic E-state index is 0.676. The Bertz CT molecular complexity index is 636. The Morgan fingerprint density at radius 2 is 1.88 bits per heavy atom. The molecule has 1 unspecified atom stereocenters. The van der Waals surface area contributed by atoms with Crippen molar-refractivity contribution < 1.29 is 0 Å². The lowest BCUT2D eigenvalue weighted by molar-refractivity contribution is 0.178. The normalized spacial score (nSPS) is 17.0. The van der Waals surface area contributed by atoms with Crippen LogP contribution >= 0.6 is 0 Å². The third kappa shape index (κ3) is 4.18. The predicted molar refractivity (Wildman–Crippen MR) is 103 cm³/mol. The number of rotatable bonds is 7. The van der Waals surface area contributed by atoms with Crippen molar-refractivity contribution >= 4 is 5.69 Å². The van der Waals surface area contributed by atoms with Crippen molar-refractivity contribution in [3.8, 4) is 0 Å². The summed E-state index contributed by atoms with van der Waals surface area (Å²) in [5.41, 5.74) is 11.5. The topological polar surface area (TPSA) is 29.3 Å². The van der Waals surface area contributed by atoms with E-state index in [9.17, 15) is 0 Å². The van der Waals surface area contributed by atoms with Crippen molar-refractivity contribution in [2.75, 3.05) is 18.8 Å². The van der Waals surface area contributed by atoms with Gasteiger partial charge in [-0.1, -0.05) is 49.4 Å². The van der Waals surface area contributed by atoms with E-state index in [4.69, 9.17) is 5.73 Å². The number of hydrogen-bond donors (Lipinski definition) is 1. The van der Waals surface area contributed by atoms with Gasteiger partial charge >= 0.3 is 0 Å². The van der Waals surface area contributed by atoms with Crippen molar-refractivity contribution in [1.82, 2.24) is 4.90 Å². The molecule has 2 aromatic carbocycles. The molecule has 0 amide bonds. The van der Waals surface area contributed by atoms with Crippen LogP contribution in [0, 0.1) is 0 Å². The van der Waals surface area contributed by atoms with Gasteiger partial charge in [-0.2, -0.15) is 0 Å². The second-order valence-electron chi connectivity index (χ2n) is 7.01. The van der Waals surface area contributed by atoms with Gasteiger partial charge < -0.3 is 10.6 Å². The van der Waals surface area contributed by atoms with Crippen LogP contribution in [0.2, 0.25) is 0 Å². The van der Waals surface area contributed by atoms with Crippen molar-refractivity contribution in [1.29, 1.82) is 0 Å². The number of benzene rings is 2. The molecule has 0 aliphatic heterocycles. The first-order valence-corrected chi connectivity index (χ1v) is 9.42. The molecule has 1 aliphatic rings. The Morgan fingerprint density at radius 1 is 1.04 bits per heavy atom. The van der Waals surface area contributed by atoms with E-state index in [1.807, 2.05) is 6.07 Å². The fourth-order valence-corrected chi connectivity index (χ4v) is 4.02. The highest BCUT2D eigenvalue weighted by Crippen LogP contribution is 2.28. The fourth-order valence-electron chi connectivity index (χ4n) is 4.02. The van der Waals surface area contributed by atoms with Crippen molar-refractivity contribution in [2.24, 2.45) is 0 Å². The van der Waals surface area contributed by atoms with E-state index >= 15 is 0 Å². The van der Waals surface area contributed by atoms with Crippen LogP contribution in [0.25, 0.3) is 0 Å². The van der Waals surface area contributed by atoms with Gasteiger partial charge in [-0.3, -0.25) is 0 Å². The molecule has 128 valence electrons. The summed E-state index contributed by atoms with van der Waals surface area (Å²) in [6.07, 6.45) is 7.18. The zero-order chi connectivity index (χ0) is 16.8. The van der Waals surface area contributed by atoms with Gasteiger partial charge in [-0.05, 0) is 74.4 Å². The second-order valence-corrected chi connectivity index (χ2v) is 7.01. The molecule has 0 saturated heterocycles. The molecular weight excluding hydrogens is 292 g/mol. The van der Waals surface area contributed by atoms with Crippen LogP contribution in [0.3, 0.4) is 0 Å². The number of aryl methyl sites for hydroxylation is 1. The Morgan fingerprint density at radius 3 is 2.67 bits per heavy atom. The summed E-state index contributed by atoms with van der Waals surface area (Å²) in [7, 11) is 0. The first-order chi connectivity index (χ1) is 11.8. The number of fused-ring (bicyclic) bond motifs is 1. The summed E-state index contributed by atoms with van der Waals surface area (Å²) in [5.74, 6) is 0. The highest BCUT2D eigenvalue weighted by molar-refractivity contribution is 5.52. The Hall–Kier alpha value is -1.80. The molecule has 2 N–H and O–H groups in total. The number of hydrogen-bond acceptors (Lipinski definition) is 2. The molecule has 0 saturated carbocycles. The van der Waals surface area contributed by atoms with Gasteiger partial charge in [0.05, 0.1) is 0 Å². The minimum atomic E-state index is 0.676. The molecule has 3 rings (SSSR count). The maximum Gasteiger partial charge on any atom is 0.0349 e. The van der Waals surface area contributed by atoms with Crippen LogP contribution in [-0.4, -0.2) is 24.0 Å². The Labute approximate surface area is 146 Å². The largest absolute Gasteiger partial charge is 0.398 e. The molecule has 2 nitrogen and oxygen atoms in total. The number of nitrogen functional groups attached to an aromatic ring is 1. The molecular formula is C22H30N2. The summed E-state index contributed by atoms with van der Waals surface area (Å²) < 4.78 is 0. The lowest BCUT2D eigenvalue weighted by Gasteiger charge is -2.35.